The number of rotatable bonds is 1. The molecule has 1 aromatic carbocycles. The van der Waals surface area contributed by atoms with E-state index in [0.717, 1.165) is 5.39 Å². The van der Waals surface area contributed by atoms with Gasteiger partial charge in [-0.25, -0.2) is 8.42 Å². The van der Waals surface area contributed by atoms with Gasteiger partial charge in [0, 0.05) is 18.0 Å². The molecule has 2 atom stereocenters. The van der Waals surface area contributed by atoms with Gasteiger partial charge >= 0.3 is 0 Å². The second kappa shape index (κ2) is 4.84. The molecule has 1 aromatic heterocycles. The third-order valence-corrected chi connectivity index (χ3v) is 6.60. The van der Waals surface area contributed by atoms with E-state index >= 15 is 0 Å². The van der Waals surface area contributed by atoms with Crippen LogP contribution in [0.2, 0.25) is 0 Å². The van der Waals surface area contributed by atoms with Crippen molar-refractivity contribution in [1.29, 1.82) is 0 Å². The molecule has 0 bridgehead atoms. The molecular formula is C14H17N3O3S. The van der Waals surface area contributed by atoms with Crippen molar-refractivity contribution in [1.82, 2.24) is 15.1 Å². The fraction of sp³-hybridized carbons (Fsp3) is 0.429. The van der Waals surface area contributed by atoms with Gasteiger partial charge in [0.05, 0.1) is 28.3 Å². The summed E-state index contributed by atoms with van der Waals surface area (Å²) in [6, 6.07) is 5.08. The zero-order valence-electron chi connectivity index (χ0n) is 11.9. The number of carbonyl (C=O) groups is 1. The van der Waals surface area contributed by atoms with Crippen molar-refractivity contribution >= 4 is 26.6 Å². The lowest BCUT2D eigenvalue weighted by atomic mass is 10.1. The molecule has 0 radical (unpaired) electrons. The first-order valence-electron chi connectivity index (χ1n) is 6.86. The molecule has 1 saturated heterocycles. The Hall–Kier alpha value is -1.89. The van der Waals surface area contributed by atoms with E-state index in [0.29, 0.717) is 11.1 Å². The van der Waals surface area contributed by atoms with Gasteiger partial charge in [-0.15, -0.1) is 0 Å². The van der Waals surface area contributed by atoms with Gasteiger partial charge in [-0.1, -0.05) is 12.1 Å². The van der Waals surface area contributed by atoms with Crippen LogP contribution in [-0.2, 0) is 9.84 Å². The van der Waals surface area contributed by atoms with Gasteiger partial charge < -0.3 is 4.90 Å². The third-order valence-electron chi connectivity index (χ3n) is 4.32. The van der Waals surface area contributed by atoms with E-state index in [4.69, 9.17) is 0 Å². The Morgan fingerprint density at radius 3 is 2.90 bits per heavy atom. The van der Waals surface area contributed by atoms with Crippen molar-refractivity contribution in [3.05, 3.63) is 30.0 Å². The number of nitrogens with zero attached hydrogens (tertiary/aromatic N) is 2. The molecule has 1 fully saturated rings. The van der Waals surface area contributed by atoms with Crippen LogP contribution in [0.4, 0.5) is 0 Å². The molecule has 1 aliphatic heterocycles. The van der Waals surface area contributed by atoms with Gasteiger partial charge in [-0.05, 0) is 19.9 Å². The van der Waals surface area contributed by atoms with Gasteiger partial charge in [0.25, 0.3) is 5.91 Å². The van der Waals surface area contributed by atoms with Gasteiger partial charge in [0.15, 0.2) is 9.84 Å². The minimum atomic E-state index is -3.10. The number of aromatic nitrogens is 2. The van der Waals surface area contributed by atoms with Crippen molar-refractivity contribution in [2.75, 3.05) is 12.3 Å². The summed E-state index contributed by atoms with van der Waals surface area (Å²) >= 11 is 0. The maximum absolute atomic E-state index is 12.8. The van der Waals surface area contributed by atoms with Gasteiger partial charge in [-0.3, -0.25) is 9.89 Å². The maximum atomic E-state index is 12.8. The molecule has 7 heteroatoms. The van der Waals surface area contributed by atoms with Crippen LogP contribution in [0, 0.1) is 0 Å². The first kappa shape index (κ1) is 14.1. The monoisotopic (exact) mass is 307 g/mol. The van der Waals surface area contributed by atoms with E-state index in [2.05, 4.69) is 10.2 Å². The smallest absolute Gasteiger partial charge is 0.256 e. The summed E-state index contributed by atoms with van der Waals surface area (Å²) in [5, 5.41) is 7.11. The highest BCUT2D eigenvalue weighted by molar-refractivity contribution is 7.92. The predicted octanol–water partition coefficient (Wildman–Crippen LogP) is 1.21. The Morgan fingerprint density at radius 2 is 2.14 bits per heavy atom. The van der Waals surface area contributed by atoms with Crippen LogP contribution < -0.4 is 0 Å². The fourth-order valence-corrected chi connectivity index (χ4v) is 4.33. The summed E-state index contributed by atoms with van der Waals surface area (Å²) in [6.45, 7) is 3.68. The summed E-state index contributed by atoms with van der Waals surface area (Å²) < 4.78 is 23.8. The quantitative estimate of drug-likeness (QED) is 0.858. The lowest BCUT2D eigenvalue weighted by Gasteiger charge is -2.37. The number of nitrogens with one attached hydrogen (secondary N) is 1. The minimum absolute atomic E-state index is 0.0171. The molecule has 2 unspecified atom stereocenters. The number of fused-ring (bicyclic) bond motifs is 1. The van der Waals surface area contributed by atoms with E-state index in [-0.39, 0.29) is 24.2 Å². The molecule has 0 spiro atoms. The van der Waals surface area contributed by atoms with E-state index in [1.165, 1.54) is 0 Å². The lowest BCUT2D eigenvalue weighted by Crippen LogP contribution is -2.54. The molecule has 1 aliphatic rings. The Morgan fingerprint density at radius 1 is 1.38 bits per heavy atom. The van der Waals surface area contributed by atoms with E-state index < -0.39 is 15.1 Å². The summed E-state index contributed by atoms with van der Waals surface area (Å²) in [5.74, 6) is -0.137. The predicted molar refractivity (Wildman–Crippen MR) is 79.8 cm³/mol. The Kier molecular flexibility index (Phi) is 3.24. The fourth-order valence-electron chi connectivity index (χ4n) is 2.76. The van der Waals surface area contributed by atoms with Gasteiger partial charge in [0.1, 0.15) is 0 Å². The SMILES string of the molecule is CC1C(C)S(=O)(=O)CCN1C(=O)c1cccc2cn[nH]c12. The number of para-hydroxylation sites is 1. The van der Waals surface area contributed by atoms with E-state index in [9.17, 15) is 13.2 Å². The lowest BCUT2D eigenvalue weighted by molar-refractivity contribution is 0.0695. The van der Waals surface area contributed by atoms with Crippen molar-refractivity contribution < 1.29 is 13.2 Å². The molecule has 1 amide bonds. The van der Waals surface area contributed by atoms with Gasteiger partial charge in [-0.2, -0.15) is 5.10 Å². The number of sulfone groups is 1. The number of carbonyl (C=O) groups excluding carboxylic acids is 1. The second-order valence-electron chi connectivity index (χ2n) is 5.45. The molecule has 1 N–H and O–H groups in total. The standard InChI is InChI=1S/C14H17N3O3S/c1-9-10(2)21(19,20)7-6-17(9)14(18)12-5-3-4-11-8-15-16-13(11)12/h3-5,8-10H,6-7H2,1-2H3,(H,15,16). The molecule has 2 heterocycles. The average Bonchev–Trinajstić information content (AvgIpc) is 2.92. The molecule has 0 saturated carbocycles. The molecule has 2 aromatic rings. The molecule has 3 rings (SSSR count). The topological polar surface area (TPSA) is 83.1 Å². The second-order valence-corrected chi connectivity index (χ2v) is 7.93. The van der Waals surface area contributed by atoms with Crippen molar-refractivity contribution in [3.63, 3.8) is 0 Å². The number of benzene rings is 1. The van der Waals surface area contributed by atoms with E-state index in [1.807, 2.05) is 6.07 Å². The first-order valence-corrected chi connectivity index (χ1v) is 8.58. The Bertz CT molecular complexity index is 797. The molecule has 6 nitrogen and oxygen atoms in total. The highest BCUT2D eigenvalue weighted by Crippen LogP contribution is 2.24. The number of H-pyrrole nitrogens is 1. The summed E-state index contributed by atoms with van der Waals surface area (Å²) in [4.78, 5) is 14.4. The third kappa shape index (κ3) is 2.21. The highest BCUT2D eigenvalue weighted by atomic mass is 32.2. The van der Waals surface area contributed by atoms with Crippen LogP contribution in [0.1, 0.15) is 24.2 Å². The summed E-state index contributed by atoms with van der Waals surface area (Å²) in [6.07, 6.45) is 1.67. The van der Waals surface area contributed by atoms with Crippen LogP contribution in [0.3, 0.4) is 0 Å². The molecule has 112 valence electrons. The highest BCUT2D eigenvalue weighted by Gasteiger charge is 2.38. The van der Waals surface area contributed by atoms with Crippen molar-refractivity contribution in [2.24, 2.45) is 0 Å². The van der Waals surface area contributed by atoms with Crippen LogP contribution >= 0.6 is 0 Å². The van der Waals surface area contributed by atoms with Crippen LogP contribution in [0.5, 0.6) is 0 Å². The Balaban J connectivity index is 1.98. The number of aromatic amines is 1. The van der Waals surface area contributed by atoms with Crippen LogP contribution in [-0.4, -0.2) is 53.0 Å². The van der Waals surface area contributed by atoms with Gasteiger partial charge in [0.2, 0.25) is 0 Å². The van der Waals surface area contributed by atoms with E-state index in [1.54, 1.807) is 37.1 Å². The van der Waals surface area contributed by atoms with Crippen LogP contribution in [0.15, 0.2) is 24.4 Å². The zero-order chi connectivity index (χ0) is 15.2. The molecule has 21 heavy (non-hydrogen) atoms. The average molecular weight is 307 g/mol. The zero-order valence-corrected chi connectivity index (χ0v) is 12.7. The van der Waals surface area contributed by atoms with Crippen LogP contribution in [0.25, 0.3) is 10.9 Å². The largest absolute Gasteiger partial charge is 0.334 e. The maximum Gasteiger partial charge on any atom is 0.256 e. The normalized spacial score (nSPS) is 25.1. The van der Waals surface area contributed by atoms with Crippen molar-refractivity contribution in [2.45, 2.75) is 25.1 Å². The number of hydrogen-bond donors (Lipinski definition) is 1. The molecular weight excluding hydrogens is 290 g/mol. The molecule has 0 aliphatic carbocycles. The Labute approximate surface area is 123 Å². The summed E-state index contributed by atoms with van der Waals surface area (Å²) in [7, 11) is -3.10. The first-order chi connectivity index (χ1) is 9.92. The summed E-state index contributed by atoms with van der Waals surface area (Å²) in [5.41, 5.74) is 1.22. The number of amides is 1. The minimum Gasteiger partial charge on any atom is -0.334 e. The number of hydrogen-bond acceptors (Lipinski definition) is 4. The van der Waals surface area contributed by atoms with Crippen molar-refractivity contribution in [3.8, 4) is 0 Å².